The minimum atomic E-state index is -1.54. The summed E-state index contributed by atoms with van der Waals surface area (Å²) in [5.74, 6) is 0.0790. The van der Waals surface area contributed by atoms with Crippen LogP contribution in [0.2, 0.25) is 0 Å². The summed E-state index contributed by atoms with van der Waals surface area (Å²) in [6.07, 6.45) is -3.32. The molecular formula is C24H23FO6. The van der Waals surface area contributed by atoms with Crippen molar-refractivity contribution in [3.05, 3.63) is 77.6 Å². The number of hydrogen-bond donors (Lipinski definition) is 4. The van der Waals surface area contributed by atoms with Crippen LogP contribution in [-0.4, -0.2) is 57.7 Å². The summed E-state index contributed by atoms with van der Waals surface area (Å²) < 4.78 is 24.7. The predicted molar refractivity (Wildman–Crippen MR) is 114 cm³/mol. The SMILES string of the molecule is OC[C@H]1O[C@@H](Oc2c(/C=C/c3ccc(F)cc3)ccc3ccccc23)[C@H](O)[C@@H](O)[C@@H]1O. The van der Waals surface area contributed by atoms with Crippen LogP contribution in [0, 0.1) is 5.82 Å². The van der Waals surface area contributed by atoms with Crippen molar-refractivity contribution < 1.29 is 34.3 Å². The number of hydrogen-bond acceptors (Lipinski definition) is 6. The molecule has 0 saturated carbocycles. The monoisotopic (exact) mass is 426 g/mol. The quantitative estimate of drug-likeness (QED) is 0.468. The topological polar surface area (TPSA) is 99.4 Å². The molecule has 0 aliphatic carbocycles. The van der Waals surface area contributed by atoms with E-state index in [9.17, 15) is 24.8 Å². The minimum absolute atomic E-state index is 0.325. The van der Waals surface area contributed by atoms with Crippen molar-refractivity contribution in [3.63, 3.8) is 0 Å². The van der Waals surface area contributed by atoms with Crippen LogP contribution in [0.15, 0.2) is 60.7 Å². The summed E-state index contributed by atoms with van der Waals surface area (Å²) in [6.45, 7) is -0.544. The maximum absolute atomic E-state index is 13.2. The van der Waals surface area contributed by atoms with Crippen molar-refractivity contribution in [3.8, 4) is 5.75 Å². The van der Waals surface area contributed by atoms with E-state index in [0.717, 1.165) is 16.3 Å². The Morgan fingerprint density at radius 2 is 1.61 bits per heavy atom. The Morgan fingerprint density at radius 3 is 2.35 bits per heavy atom. The van der Waals surface area contributed by atoms with E-state index in [-0.39, 0.29) is 5.82 Å². The zero-order valence-electron chi connectivity index (χ0n) is 16.5. The number of fused-ring (bicyclic) bond motifs is 1. The van der Waals surface area contributed by atoms with Gasteiger partial charge in [0.25, 0.3) is 0 Å². The molecule has 6 nitrogen and oxygen atoms in total. The molecule has 7 heteroatoms. The Hall–Kier alpha value is -2.81. The van der Waals surface area contributed by atoms with Crippen molar-refractivity contribution in [1.29, 1.82) is 0 Å². The zero-order chi connectivity index (χ0) is 22.0. The van der Waals surface area contributed by atoms with Crippen LogP contribution in [0.5, 0.6) is 5.75 Å². The maximum atomic E-state index is 13.2. The third-order valence-electron chi connectivity index (χ3n) is 5.32. The van der Waals surface area contributed by atoms with Gasteiger partial charge in [0.2, 0.25) is 6.29 Å². The second kappa shape index (κ2) is 9.13. The molecule has 0 bridgehead atoms. The molecule has 0 spiro atoms. The summed E-state index contributed by atoms with van der Waals surface area (Å²) in [6, 6.07) is 17.3. The van der Waals surface area contributed by atoms with Gasteiger partial charge in [-0.15, -0.1) is 0 Å². The maximum Gasteiger partial charge on any atom is 0.229 e. The fourth-order valence-corrected chi connectivity index (χ4v) is 3.56. The van der Waals surface area contributed by atoms with Gasteiger partial charge >= 0.3 is 0 Å². The van der Waals surface area contributed by atoms with Gasteiger partial charge in [0.1, 0.15) is 36.0 Å². The van der Waals surface area contributed by atoms with Gasteiger partial charge in [0.15, 0.2) is 0 Å². The first-order valence-electron chi connectivity index (χ1n) is 9.90. The highest BCUT2D eigenvalue weighted by Crippen LogP contribution is 2.34. The highest BCUT2D eigenvalue weighted by molar-refractivity contribution is 5.93. The average Bonchev–Trinajstić information content (AvgIpc) is 2.79. The third kappa shape index (κ3) is 4.46. The van der Waals surface area contributed by atoms with Crippen LogP contribution in [-0.2, 0) is 4.74 Å². The fraction of sp³-hybridized carbons (Fsp3) is 0.250. The molecule has 3 aromatic rings. The van der Waals surface area contributed by atoms with Crippen LogP contribution in [0.3, 0.4) is 0 Å². The van der Waals surface area contributed by atoms with E-state index in [0.29, 0.717) is 11.3 Å². The van der Waals surface area contributed by atoms with E-state index >= 15 is 0 Å². The van der Waals surface area contributed by atoms with E-state index in [1.54, 1.807) is 24.3 Å². The van der Waals surface area contributed by atoms with E-state index in [4.69, 9.17) is 9.47 Å². The van der Waals surface area contributed by atoms with Gasteiger partial charge in [-0.1, -0.05) is 60.7 Å². The van der Waals surface area contributed by atoms with Crippen LogP contribution in [0.25, 0.3) is 22.9 Å². The van der Waals surface area contributed by atoms with Gasteiger partial charge in [0, 0.05) is 10.9 Å². The smallest absolute Gasteiger partial charge is 0.229 e. The molecule has 162 valence electrons. The van der Waals surface area contributed by atoms with Gasteiger partial charge in [-0.05, 0) is 23.1 Å². The molecule has 1 aliphatic rings. The number of rotatable bonds is 5. The number of halogens is 1. The first-order valence-corrected chi connectivity index (χ1v) is 9.90. The fourth-order valence-electron chi connectivity index (χ4n) is 3.56. The Morgan fingerprint density at radius 1 is 0.871 bits per heavy atom. The van der Waals surface area contributed by atoms with Crippen molar-refractivity contribution in [2.45, 2.75) is 30.7 Å². The lowest BCUT2D eigenvalue weighted by molar-refractivity contribution is -0.277. The highest BCUT2D eigenvalue weighted by Gasteiger charge is 2.45. The lowest BCUT2D eigenvalue weighted by Crippen LogP contribution is -2.60. The van der Waals surface area contributed by atoms with E-state index in [1.807, 2.05) is 36.4 Å². The molecule has 5 atom stereocenters. The molecular weight excluding hydrogens is 403 g/mol. The molecule has 0 aromatic heterocycles. The Labute approximate surface area is 178 Å². The molecule has 1 aliphatic heterocycles. The van der Waals surface area contributed by atoms with Crippen LogP contribution < -0.4 is 4.74 Å². The van der Waals surface area contributed by atoms with Gasteiger partial charge < -0.3 is 29.9 Å². The predicted octanol–water partition coefficient (Wildman–Crippen LogP) is 2.33. The average molecular weight is 426 g/mol. The van der Waals surface area contributed by atoms with E-state index in [1.165, 1.54) is 12.1 Å². The normalized spacial score (nSPS) is 26.4. The zero-order valence-corrected chi connectivity index (χ0v) is 16.5. The first kappa shape index (κ1) is 21.4. The number of ether oxygens (including phenoxy) is 2. The number of aliphatic hydroxyl groups is 4. The molecule has 0 radical (unpaired) electrons. The number of benzene rings is 3. The van der Waals surface area contributed by atoms with E-state index < -0.39 is 37.3 Å². The molecule has 1 fully saturated rings. The van der Waals surface area contributed by atoms with Crippen LogP contribution >= 0.6 is 0 Å². The lowest BCUT2D eigenvalue weighted by Gasteiger charge is -2.39. The first-order chi connectivity index (χ1) is 15.0. The minimum Gasteiger partial charge on any atom is -0.461 e. The molecule has 1 saturated heterocycles. The summed E-state index contributed by atoms with van der Waals surface area (Å²) in [4.78, 5) is 0. The largest absolute Gasteiger partial charge is 0.461 e. The van der Waals surface area contributed by atoms with Crippen molar-refractivity contribution >= 4 is 22.9 Å². The summed E-state index contributed by atoms with van der Waals surface area (Å²) in [7, 11) is 0. The van der Waals surface area contributed by atoms with Gasteiger partial charge in [0.05, 0.1) is 6.61 Å². The molecule has 0 unspecified atom stereocenters. The van der Waals surface area contributed by atoms with Gasteiger partial charge in [-0.25, -0.2) is 4.39 Å². The third-order valence-corrected chi connectivity index (χ3v) is 5.32. The second-order valence-corrected chi connectivity index (χ2v) is 7.41. The van der Waals surface area contributed by atoms with Crippen molar-refractivity contribution in [2.24, 2.45) is 0 Å². The highest BCUT2D eigenvalue weighted by atomic mass is 19.1. The Kier molecular flexibility index (Phi) is 6.31. The Balaban J connectivity index is 1.71. The van der Waals surface area contributed by atoms with Crippen molar-refractivity contribution in [1.82, 2.24) is 0 Å². The molecule has 0 amide bonds. The molecule has 3 aromatic carbocycles. The van der Waals surface area contributed by atoms with Crippen LogP contribution in [0.1, 0.15) is 11.1 Å². The number of aliphatic hydroxyl groups excluding tert-OH is 4. The molecule has 1 heterocycles. The molecule has 4 rings (SSSR count). The molecule has 4 N–H and O–H groups in total. The summed E-state index contributed by atoms with van der Waals surface area (Å²) in [5.41, 5.74) is 1.45. The lowest BCUT2D eigenvalue weighted by atomic mass is 9.99. The van der Waals surface area contributed by atoms with Crippen molar-refractivity contribution in [2.75, 3.05) is 6.61 Å². The molecule has 31 heavy (non-hydrogen) atoms. The van der Waals surface area contributed by atoms with Crippen LogP contribution in [0.4, 0.5) is 4.39 Å². The summed E-state index contributed by atoms with van der Waals surface area (Å²) in [5, 5.41) is 41.6. The summed E-state index contributed by atoms with van der Waals surface area (Å²) >= 11 is 0. The standard InChI is InChI=1S/C24H23FO6/c25-17-11-6-14(7-12-17)5-8-16-10-9-15-3-1-2-4-18(15)23(16)31-24-22(29)21(28)20(27)19(13-26)30-24/h1-12,19-22,24,26-29H,13H2/b8-5+/t19-,20-,21+,22-,24+/m1/s1. The van der Waals surface area contributed by atoms with Gasteiger partial charge in [-0.2, -0.15) is 0 Å². The second-order valence-electron chi connectivity index (χ2n) is 7.41. The van der Waals surface area contributed by atoms with E-state index in [2.05, 4.69) is 0 Å². The van der Waals surface area contributed by atoms with Gasteiger partial charge in [-0.3, -0.25) is 0 Å². The Bertz CT molecular complexity index is 1070.